The highest BCUT2D eigenvalue weighted by atomic mass is 16.6. The largest absolute Gasteiger partial charge is 0.480 e. The van der Waals surface area contributed by atoms with Crippen LogP contribution in [0.2, 0.25) is 0 Å². The van der Waals surface area contributed by atoms with Crippen LogP contribution in [0.3, 0.4) is 0 Å². The molecule has 0 spiro atoms. The van der Waals surface area contributed by atoms with Gasteiger partial charge in [0.1, 0.15) is 12.1 Å². The van der Waals surface area contributed by atoms with Crippen molar-refractivity contribution in [1.29, 1.82) is 0 Å². The molecule has 4 N–H and O–H groups in total. The molecule has 0 aromatic rings. The van der Waals surface area contributed by atoms with Gasteiger partial charge in [0.2, 0.25) is 5.91 Å². The number of hydrogen-bond acceptors (Lipinski definition) is 7. The first-order valence-electron chi connectivity index (χ1n) is 14.2. The summed E-state index contributed by atoms with van der Waals surface area (Å²) in [5, 5.41) is 30.8. The van der Waals surface area contributed by atoms with E-state index >= 15 is 0 Å². The number of carboxylic acid groups (broad SMARTS) is 1. The molecule has 9 nitrogen and oxygen atoms in total. The van der Waals surface area contributed by atoms with Crippen LogP contribution in [0.25, 0.3) is 0 Å². The van der Waals surface area contributed by atoms with Crippen LogP contribution in [0.4, 0.5) is 0 Å². The van der Waals surface area contributed by atoms with E-state index in [0.717, 1.165) is 24.8 Å². The van der Waals surface area contributed by atoms with Crippen molar-refractivity contribution in [1.82, 2.24) is 5.32 Å². The third-order valence-electron chi connectivity index (χ3n) is 7.27. The van der Waals surface area contributed by atoms with Gasteiger partial charge in [-0.1, -0.05) is 32.1 Å². The second-order valence-corrected chi connectivity index (χ2v) is 11.8. The molecule has 0 radical (unpaired) electrons. The Kier molecular flexibility index (Phi) is 15.5. The highest BCUT2D eigenvalue weighted by Gasteiger charge is 2.32. The van der Waals surface area contributed by atoms with Crippen molar-refractivity contribution in [2.24, 2.45) is 11.8 Å². The second kappa shape index (κ2) is 17.1. The lowest BCUT2D eigenvalue weighted by Gasteiger charge is -2.35. The van der Waals surface area contributed by atoms with Crippen molar-refractivity contribution in [2.45, 2.75) is 129 Å². The Morgan fingerprint density at radius 1 is 1.21 bits per heavy atom. The molecule has 8 atom stereocenters. The lowest BCUT2D eigenvalue weighted by Crippen LogP contribution is -2.43. The number of hydrogen-bond donors (Lipinski definition) is 4. The molecular formula is C30H53NO8. The quantitative estimate of drug-likeness (QED) is 0.198. The predicted molar refractivity (Wildman–Crippen MR) is 151 cm³/mol. The van der Waals surface area contributed by atoms with E-state index in [2.05, 4.69) is 31.3 Å². The van der Waals surface area contributed by atoms with Crippen molar-refractivity contribution in [3.05, 3.63) is 23.8 Å². The average Bonchev–Trinajstić information content (AvgIpc) is 2.82. The summed E-state index contributed by atoms with van der Waals surface area (Å²) >= 11 is 0. The Morgan fingerprint density at radius 2 is 1.87 bits per heavy atom. The summed E-state index contributed by atoms with van der Waals surface area (Å²) < 4.78 is 17.9. The summed E-state index contributed by atoms with van der Waals surface area (Å²) in [6, 6.07) is -1.00. The molecule has 1 fully saturated rings. The molecule has 0 bridgehead atoms. The van der Waals surface area contributed by atoms with Crippen LogP contribution in [-0.2, 0) is 23.8 Å². The van der Waals surface area contributed by atoms with Crippen LogP contribution in [-0.4, -0.2) is 83.1 Å². The number of aliphatic hydroxyl groups excluding tert-OH is 2. The van der Waals surface area contributed by atoms with Gasteiger partial charge in [-0.3, -0.25) is 4.79 Å². The number of nitrogens with one attached hydrogen (secondary N) is 1. The molecule has 0 aromatic heterocycles. The molecule has 1 aliphatic heterocycles. The number of methoxy groups -OCH3 is 1. The highest BCUT2D eigenvalue weighted by Crippen LogP contribution is 2.31. The Hall–Kier alpha value is -1.78. The fourth-order valence-corrected chi connectivity index (χ4v) is 5.46. The Labute approximate surface area is 235 Å². The molecule has 39 heavy (non-hydrogen) atoms. The van der Waals surface area contributed by atoms with Crippen molar-refractivity contribution in [2.75, 3.05) is 13.7 Å². The molecule has 9 heteroatoms. The Morgan fingerprint density at radius 3 is 2.44 bits per heavy atom. The zero-order chi connectivity index (χ0) is 29.8. The van der Waals surface area contributed by atoms with Crippen molar-refractivity contribution in [3.63, 3.8) is 0 Å². The molecule has 1 unspecified atom stereocenters. The molecule has 0 aliphatic carbocycles. The maximum atomic E-state index is 12.5. The third kappa shape index (κ3) is 13.0. The summed E-state index contributed by atoms with van der Waals surface area (Å²) in [6.07, 6.45) is 7.64. The number of amides is 1. The first-order valence-corrected chi connectivity index (χ1v) is 14.2. The third-order valence-corrected chi connectivity index (χ3v) is 7.27. The smallest absolute Gasteiger partial charge is 0.326 e. The summed E-state index contributed by atoms with van der Waals surface area (Å²) in [7, 11) is 1.58. The zero-order valence-electron chi connectivity index (χ0n) is 25.2. The molecule has 226 valence electrons. The molecule has 1 aliphatic rings. The molecule has 1 amide bonds. The molecule has 1 saturated heterocycles. The number of aliphatic carboxylic acids is 1. The molecule has 1 rings (SSSR count). The van der Waals surface area contributed by atoms with Gasteiger partial charge >= 0.3 is 5.97 Å². The van der Waals surface area contributed by atoms with E-state index in [9.17, 15) is 19.8 Å². The van der Waals surface area contributed by atoms with Crippen molar-refractivity contribution >= 4 is 11.9 Å². The lowest BCUT2D eigenvalue weighted by atomic mass is 9.88. The average molecular weight is 556 g/mol. The molecular weight excluding hydrogens is 502 g/mol. The lowest BCUT2D eigenvalue weighted by molar-refractivity contribution is -0.149. The number of allylic oxidation sites excluding steroid dienone is 3. The topological polar surface area (TPSA) is 135 Å². The molecule has 0 saturated carbocycles. The van der Waals surface area contributed by atoms with Crippen molar-refractivity contribution < 1.29 is 39.1 Å². The minimum atomic E-state index is -1.10. The van der Waals surface area contributed by atoms with Crippen LogP contribution in [0.15, 0.2) is 23.8 Å². The maximum absolute atomic E-state index is 12.5. The normalized spacial score (nSPS) is 24.7. The van der Waals surface area contributed by atoms with E-state index in [1.807, 2.05) is 33.8 Å². The van der Waals surface area contributed by atoms with E-state index in [1.165, 1.54) is 0 Å². The number of carbonyl (C=O) groups is 2. The van der Waals surface area contributed by atoms with Crippen LogP contribution >= 0.6 is 0 Å². The van der Waals surface area contributed by atoms with E-state index in [4.69, 9.17) is 19.3 Å². The number of carboxylic acids is 1. The van der Waals surface area contributed by atoms with Gasteiger partial charge in [0.15, 0.2) is 0 Å². The first-order chi connectivity index (χ1) is 18.2. The van der Waals surface area contributed by atoms with Crippen LogP contribution in [0, 0.1) is 11.8 Å². The van der Waals surface area contributed by atoms with Crippen LogP contribution in [0.5, 0.6) is 0 Å². The van der Waals surface area contributed by atoms with Crippen molar-refractivity contribution in [3.8, 4) is 0 Å². The zero-order valence-corrected chi connectivity index (χ0v) is 25.2. The number of aliphatic hydroxyl groups is 2. The second-order valence-electron chi connectivity index (χ2n) is 11.8. The maximum Gasteiger partial charge on any atom is 0.326 e. The Bertz CT molecular complexity index is 809. The van der Waals surface area contributed by atoms with Gasteiger partial charge in [-0.05, 0) is 84.1 Å². The highest BCUT2D eigenvalue weighted by molar-refractivity contribution is 5.83. The van der Waals surface area contributed by atoms with E-state index in [0.29, 0.717) is 12.3 Å². The SMILES string of the molecule is CO[C@H](C(C)OC(C)(C)C[C@H](C)/C=C/C=C(\C)[C@H]1O[C@@H](CC(=O)N[C@@H](CCCO)C(=O)O)CC[C@@H]1C)[C@@H](C)O. The van der Waals surface area contributed by atoms with E-state index < -0.39 is 29.8 Å². The fourth-order valence-electron chi connectivity index (χ4n) is 5.46. The Balaban J connectivity index is 2.69. The number of carbonyl (C=O) groups excluding carboxylic acids is 1. The van der Waals surface area contributed by atoms with Gasteiger partial charge in [0, 0.05) is 13.7 Å². The molecule has 1 heterocycles. The van der Waals surface area contributed by atoms with Gasteiger partial charge in [-0.15, -0.1) is 0 Å². The van der Waals surface area contributed by atoms with Gasteiger partial charge in [0.25, 0.3) is 0 Å². The van der Waals surface area contributed by atoms with Crippen LogP contribution < -0.4 is 5.32 Å². The predicted octanol–water partition coefficient (Wildman–Crippen LogP) is 4.01. The summed E-state index contributed by atoms with van der Waals surface area (Å²) in [4.78, 5) is 23.9. The van der Waals surface area contributed by atoms with Crippen LogP contribution in [0.1, 0.15) is 87.0 Å². The van der Waals surface area contributed by atoms with E-state index in [-0.39, 0.29) is 49.6 Å². The summed E-state index contributed by atoms with van der Waals surface area (Å²) in [6.45, 7) is 13.9. The van der Waals surface area contributed by atoms with Gasteiger partial charge in [0.05, 0.1) is 36.4 Å². The van der Waals surface area contributed by atoms with Gasteiger partial charge < -0.3 is 34.8 Å². The fraction of sp³-hybridized carbons (Fsp3) is 0.800. The van der Waals surface area contributed by atoms with Gasteiger partial charge in [-0.2, -0.15) is 0 Å². The number of ether oxygens (including phenoxy) is 3. The standard InChI is InChI=1S/C30H53NO8/c1-19(18-30(6,7)39-23(5)28(37-8)22(4)33)11-9-12-20(2)27-21(3)14-15-24(38-27)17-26(34)31-25(29(35)36)13-10-16-32/h9,11-12,19,21-25,27-28,32-33H,10,13-18H2,1-8H3,(H,31,34)(H,35,36)/b11-9+,20-12+/t19-,21+,22-,23?,24-,25+,27-,28+/m1/s1. The number of rotatable bonds is 17. The summed E-state index contributed by atoms with van der Waals surface area (Å²) in [5.41, 5.74) is 0.673. The minimum Gasteiger partial charge on any atom is -0.480 e. The first kappa shape index (κ1) is 35.2. The molecule has 0 aromatic carbocycles. The monoisotopic (exact) mass is 555 g/mol. The minimum absolute atomic E-state index is 0.110. The summed E-state index contributed by atoms with van der Waals surface area (Å²) in [5.74, 6) is -0.897. The van der Waals surface area contributed by atoms with E-state index in [1.54, 1.807) is 14.0 Å². The van der Waals surface area contributed by atoms with Gasteiger partial charge in [-0.25, -0.2) is 4.79 Å².